The molecule has 94 valence electrons. The average Bonchev–Trinajstić information content (AvgIpc) is 2.93. The molecule has 4 nitrogen and oxygen atoms in total. The van der Waals surface area contributed by atoms with Gasteiger partial charge in [-0.1, -0.05) is 24.6 Å². The zero-order valence-corrected chi connectivity index (χ0v) is 10.8. The van der Waals surface area contributed by atoms with Gasteiger partial charge in [0.2, 0.25) is 5.91 Å². The Morgan fingerprint density at radius 3 is 2.82 bits per heavy atom. The van der Waals surface area contributed by atoms with Gasteiger partial charge in [-0.05, 0) is 18.3 Å². The molecular weight excluding hydrogens is 234 g/mol. The van der Waals surface area contributed by atoms with E-state index in [4.69, 9.17) is 0 Å². The summed E-state index contributed by atoms with van der Waals surface area (Å²) in [6.45, 7) is 1.72. The highest BCUT2D eigenvalue weighted by atomic mass is 32.2. The second-order valence-corrected chi connectivity index (χ2v) is 6.43. The van der Waals surface area contributed by atoms with Crippen molar-refractivity contribution in [2.75, 3.05) is 18.8 Å². The summed E-state index contributed by atoms with van der Waals surface area (Å²) in [5.74, 6) is 1.35. The number of amides is 1. The quantitative estimate of drug-likeness (QED) is 0.736. The summed E-state index contributed by atoms with van der Waals surface area (Å²) in [6.07, 6.45) is 6.03. The molecule has 2 N–H and O–H groups in total. The smallest absolute Gasteiger partial charge is 0.222 e. The Morgan fingerprint density at radius 2 is 2.24 bits per heavy atom. The largest absolute Gasteiger partial charge is 0.360 e. The van der Waals surface area contributed by atoms with Gasteiger partial charge in [-0.15, -0.1) is 0 Å². The fraction of sp³-hybridized carbons (Fsp3) is 0.833. The number of amidine groups is 1. The van der Waals surface area contributed by atoms with Gasteiger partial charge in [0, 0.05) is 25.3 Å². The third-order valence-electron chi connectivity index (χ3n) is 4.04. The lowest BCUT2D eigenvalue weighted by Gasteiger charge is -2.31. The van der Waals surface area contributed by atoms with Crippen LogP contribution in [-0.2, 0) is 4.79 Å². The number of hydrogen-bond donors (Lipinski definition) is 2. The van der Waals surface area contributed by atoms with E-state index in [0.29, 0.717) is 11.8 Å². The minimum Gasteiger partial charge on any atom is -0.360 e. The van der Waals surface area contributed by atoms with Crippen LogP contribution >= 0.6 is 11.8 Å². The Balaban J connectivity index is 1.55. The molecule has 3 aliphatic rings. The van der Waals surface area contributed by atoms with E-state index in [2.05, 4.69) is 15.6 Å². The van der Waals surface area contributed by atoms with Crippen LogP contribution in [-0.4, -0.2) is 36.0 Å². The van der Waals surface area contributed by atoms with Gasteiger partial charge >= 0.3 is 0 Å². The van der Waals surface area contributed by atoms with Crippen molar-refractivity contribution in [1.29, 1.82) is 0 Å². The molecule has 0 aromatic rings. The number of carbonyl (C=O) groups excluding carboxylic acids is 1. The maximum absolute atomic E-state index is 11.1. The molecule has 0 radical (unpaired) electrons. The first kappa shape index (κ1) is 11.4. The lowest BCUT2D eigenvalue weighted by molar-refractivity contribution is -0.119. The minimum atomic E-state index is 0.149. The van der Waals surface area contributed by atoms with Crippen molar-refractivity contribution in [3.63, 3.8) is 0 Å². The van der Waals surface area contributed by atoms with E-state index in [0.717, 1.165) is 18.3 Å². The summed E-state index contributed by atoms with van der Waals surface area (Å²) in [6, 6.07) is 0.242. The number of thioether (sulfide) groups is 1. The molecule has 1 saturated heterocycles. The number of carbonyl (C=O) groups is 1. The van der Waals surface area contributed by atoms with Crippen LogP contribution in [0.1, 0.15) is 32.1 Å². The summed E-state index contributed by atoms with van der Waals surface area (Å²) in [5.41, 5.74) is 0.500. The summed E-state index contributed by atoms with van der Waals surface area (Å²) >= 11 is 1.85. The molecule has 0 aromatic heterocycles. The van der Waals surface area contributed by atoms with E-state index in [1.54, 1.807) is 0 Å². The number of nitrogens with one attached hydrogen (secondary N) is 2. The fourth-order valence-corrected chi connectivity index (χ4v) is 4.18. The van der Waals surface area contributed by atoms with Crippen LogP contribution < -0.4 is 10.6 Å². The first-order chi connectivity index (χ1) is 8.26. The predicted molar refractivity (Wildman–Crippen MR) is 70.2 cm³/mol. The molecule has 1 unspecified atom stereocenters. The highest BCUT2D eigenvalue weighted by molar-refractivity contribution is 8.13. The third kappa shape index (κ3) is 2.44. The number of hydrogen-bond acceptors (Lipinski definition) is 4. The van der Waals surface area contributed by atoms with Crippen LogP contribution in [0.5, 0.6) is 0 Å². The van der Waals surface area contributed by atoms with E-state index in [-0.39, 0.29) is 11.9 Å². The van der Waals surface area contributed by atoms with Crippen molar-refractivity contribution in [3.05, 3.63) is 0 Å². The van der Waals surface area contributed by atoms with Crippen molar-refractivity contribution in [2.24, 2.45) is 10.4 Å². The molecule has 17 heavy (non-hydrogen) atoms. The monoisotopic (exact) mass is 253 g/mol. The molecule has 1 saturated carbocycles. The molecule has 1 amide bonds. The minimum absolute atomic E-state index is 0.149. The van der Waals surface area contributed by atoms with Crippen LogP contribution in [0.4, 0.5) is 0 Å². The molecule has 2 aliphatic heterocycles. The Labute approximate surface area is 106 Å². The van der Waals surface area contributed by atoms with E-state index >= 15 is 0 Å². The number of aliphatic imine (C=N–C) groups is 1. The summed E-state index contributed by atoms with van der Waals surface area (Å²) in [4.78, 5) is 15.8. The van der Waals surface area contributed by atoms with Gasteiger partial charge in [-0.2, -0.15) is 0 Å². The SMILES string of the molecule is O=C1CC(NC2=NCC3(CCCC3)CS2)CN1. The van der Waals surface area contributed by atoms with Crippen molar-refractivity contribution in [1.82, 2.24) is 10.6 Å². The Bertz CT molecular complexity index is 350. The first-order valence-electron chi connectivity index (χ1n) is 6.46. The van der Waals surface area contributed by atoms with E-state index in [1.807, 2.05) is 11.8 Å². The normalized spacial score (nSPS) is 31.4. The molecule has 1 atom stereocenters. The average molecular weight is 253 g/mol. The molecular formula is C12H19N3OS. The Kier molecular flexibility index (Phi) is 3.03. The van der Waals surface area contributed by atoms with Gasteiger partial charge in [0.05, 0.1) is 6.04 Å². The second kappa shape index (κ2) is 4.52. The second-order valence-electron chi connectivity index (χ2n) is 5.47. The summed E-state index contributed by atoms with van der Waals surface area (Å²) in [7, 11) is 0. The standard InChI is InChI=1S/C12H19N3OS/c16-10-5-9(6-13-10)15-11-14-7-12(8-17-11)3-1-2-4-12/h9H,1-8H2,(H,13,16)(H,14,15). The molecule has 5 heteroatoms. The number of rotatable bonds is 1. The van der Waals surface area contributed by atoms with Gasteiger partial charge < -0.3 is 10.6 Å². The van der Waals surface area contributed by atoms with E-state index < -0.39 is 0 Å². The Hall–Kier alpha value is -0.710. The molecule has 2 heterocycles. The molecule has 1 spiro atoms. The fourth-order valence-electron chi connectivity index (χ4n) is 2.95. The topological polar surface area (TPSA) is 53.5 Å². The van der Waals surface area contributed by atoms with Gasteiger partial charge in [0.1, 0.15) is 0 Å². The van der Waals surface area contributed by atoms with Crippen molar-refractivity contribution >= 4 is 22.8 Å². The predicted octanol–water partition coefficient (Wildman–Crippen LogP) is 1.13. The molecule has 2 fully saturated rings. The van der Waals surface area contributed by atoms with Gasteiger partial charge in [0.25, 0.3) is 0 Å². The lowest BCUT2D eigenvalue weighted by Crippen LogP contribution is -2.39. The van der Waals surface area contributed by atoms with Crippen molar-refractivity contribution in [2.45, 2.75) is 38.1 Å². The maximum Gasteiger partial charge on any atom is 0.222 e. The van der Waals surface area contributed by atoms with Crippen LogP contribution in [0.15, 0.2) is 4.99 Å². The summed E-state index contributed by atoms with van der Waals surface area (Å²) < 4.78 is 0. The van der Waals surface area contributed by atoms with Crippen LogP contribution in [0.2, 0.25) is 0 Å². The first-order valence-corrected chi connectivity index (χ1v) is 7.45. The maximum atomic E-state index is 11.1. The Morgan fingerprint density at radius 1 is 1.41 bits per heavy atom. The highest BCUT2D eigenvalue weighted by Crippen LogP contribution is 2.43. The zero-order chi connectivity index (χ0) is 11.7. The van der Waals surface area contributed by atoms with E-state index in [1.165, 1.54) is 31.4 Å². The van der Waals surface area contributed by atoms with Crippen LogP contribution in [0.3, 0.4) is 0 Å². The van der Waals surface area contributed by atoms with Crippen LogP contribution in [0, 0.1) is 5.41 Å². The highest BCUT2D eigenvalue weighted by Gasteiger charge is 2.36. The van der Waals surface area contributed by atoms with Gasteiger partial charge in [-0.3, -0.25) is 9.79 Å². The summed E-state index contributed by atoms with van der Waals surface area (Å²) in [5, 5.41) is 7.27. The lowest BCUT2D eigenvalue weighted by atomic mass is 9.89. The van der Waals surface area contributed by atoms with Crippen molar-refractivity contribution < 1.29 is 4.79 Å². The molecule has 1 aliphatic carbocycles. The van der Waals surface area contributed by atoms with Crippen molar-refractivity contribution in [3.8, 4) is 0 Å². The molecule has 0 bridgehead atoms. The number of nitrogens with zero attached hydrogens (tertiary/aromatic N) is 1. The molecule has 0 aromatic carbocycles. The van der Waals surface area contributed by atoms with Gasteiger partial charge in [-0.25, -0.2) is 0 Å². The van der Waals surface area contributed by atoms with E-state index in [9.17, 15) is 4.79 Å². The van der Waals surface area contributed by atoms with Crippen LogP contribution in [0.25, 0.3) is 0 Å². The van der Waals surface area contributed by atoms with Gasteiger partial charge in [0.15, 0.2) is 5.17 Å². The zero-order valence-electron chi connectivity index (χ0n) is 10.00. The third-order valence-corrected chi connectivity index (χ3v) is 5.32. The molecule has 3 rings (SSSR count).